The average molecular weight is 367 g/mol. The van der Waals surface area contributed by atoms with Gasteiger partial charge in [-0.2, -0.15) is 0 Å². The molecule has 26 heavy (non-hydrogen) atoms. The first kappa shape index (κ1) is 18.1. The molecule has 0 atom stereocenters. The Kier molecular flexibility index (Phi) is 5.32. The van der Waals surface area contributed by atoms with Gasteiger partial charge in [0.1, 0.15) is 6.54 Å². The highest BCUT2D eigenvalue weighted by Gasteiger charge is 2.13. The molecule has 0 unspecified atom stereocenters. The highest BCUT2D eigenvalue weighted by atomic mass is 32.1. The van der Waals surface area contributed by atoms with Gasteiger partial charge in [0.15, 0.2) is 0 Å². The van der Waals surface area contributed by atoms with Crippen LogP contribution >= 0.6 is 12.2 Å². The van der Waals surface area contributed by atoms with Gasteiger partial charge in [-0.15, -0.1) is 5.10 Å². The van der Waals surface area contributed by atoms with Crippen LogP contribution in [0.4, 0.5) is 5.69 Å². The molecule has 3 rings (SSSR count). The summed E-state index contributed by atoms with van der Waals surface area (Å²) in [6.07, 6.45) is 0. The molecule has 1 amide bonds. The van der Waals surface area contributed by atoms with Crippen LogP contribution in [0.25, 0.3) is 11.5 Å². The van der Waals surface area contributed by atoms with Crippen molar-refractivity contribution in [2.24, 2.45) is 0 Å². The Labute approximate surface area is 157 Å². The van der Waals surface area contributed by atoms with E-state index in [-0.39, 0.29) is 17.3 Å². The van der Waals surface area contributed by atoms with E-state index >= 15 is 0 Å². The summed E-state index contributed by atoms with van der Waals surface area (Å²) < 4.78 is 6.94. The molecule has 134 valence electrons. The zero-order valence-electron chi connectivity index (χ0n) is 15.0. The Morgan fingerprint density at radius 2 is 1.88 bits per heavy atom. The zero-order chi connectivity index (χ0) is 18.7. The molecule has 0 bridgehead atoms. The van der Waals surface area contributed by atoms with Crippen LogP contribution in [-0.4, -0.2) is 15.7 Å². The summed E-state index contributed by atoms with van der Waals surface area (Å²) in [7, 11) is 0. The highest BCUT2D eigenvalue weighted by molar-refractivity contribution is 7.71. The van der Waals surface area contributed by atoms with Crippen molar-refractivity contribution in [2.45, 2.75) is 33.2 Å². The average Bonchev–Trinajstić information content (AvgIpc) is 2.96. The standard InChI is InChI=1S/C20H21N3O2S/c1-13(2)16-6-4-5-7-17(16)21-18(24)12-23-20(26)25-19(22-23)15-10-8-14(3)9-11-15/h4-11,13H,12H2,1-3H3,(H,21,24). The second kappa shape index (κ2) is 7.66. The molecule has 0 radical (unpaired) electrons. The van der Waals surface area contributed by atoms with Crippen LogP contribution in [0.15, 0.2) is 52.9 Å². The first-order chi connectivity index (χ1) is 12.4. The van der Waals surface area contributed by atoms with E-state index in [9.17, 15) is 4.79 Å². The summed E-state index contributed by atoms with van der Waals surface area (Å²) in [6.45, 7) is 6.19. The summed E-state index contributed by atoms with van der Waals surface area (Å²) in [5.74, 6) is 0.525. The molecule has 6 heteroatoms. The van der Waals surface area contributed by atoms with E-state index in [1.54, 1.807) is 0 Å². The van der Waals surface area contributed by atoms with Gasteiger partial charge in [0.25, 0.3) is 4.84 Å². The van der Waals surface area contributed by atoms with Crippen LogP contribution in [0, 0.1) is 11.8 Å². The molecule has 0 aliphatic carbocycles. The summed E-state index contributed by atoms with van der Waals surface area (Å²) >= 11 is 5.20. The number of amides is 1. The quantitative estimate of drug-likeness (QED) is 0.649. The third-order valence-corrected chi connectivity index (χ3v) is 4.35. The molecule has 1 aromatic heterocycles. The van der Waals surface area contributed by atoms with E-state index in [1.165, 1.54) is 4.68 Å². The van der Waals surface area contributed by atoms with E-state index in [1.807, 2.05) is 55.5 Å². The van der Waals surface area contributed by atoms with Crippen molar-refractivity contribution in [2.75, 3.05) is 5.32 Å². The van der Waals surface area contributed by atoms with Crippen LogP contribution in [0.1, 0.15) is 30.9 Å². The number of nitrogens with zero attached hydrogens (tertiary/aromatic N) is 2. The highest BCUT2D eigenvalue weighted by Crippen LogP contribution is 2.24. The van der Waals surface area contributed by atoms with Gasteiger partial charge < -0.3 is 9.73 Å². The Hall–Kier alpha value is -2.73. The number of rotatable bonds is 5. The van der Waals surface area contributed by atoms with Crippen LogP contribution < -0.4 is 5.32 Å². The summed E-state index contributed by atoms with van der Waals surface area (Å²) in [5, 5.41) is 7.27. The second-order valence-electron chi connectivity index (χ2n) is 6.49. The number of benzene rings is 2. The molecule has 0 saturated carbocycles. The van der Waals surface area contributed by atoms with Gasteiger partial charge in [-0.25, -0.2) is 4.68 Å². The first-order valence-corrected chi connectivity index (χ1v) is 8.88. The van der Waals surface area contributed by atoms with Gasteiger partial charge >= 0.3 is 0 Å². The number of hydrogen-bond donors (Lipinski definition) is 1. The van der Waals surface area contributed by atoms with E-state index in [0.717, 1.165) is 22.4 Å². The topological polar surface area (TPSA) is 60.1 Å². The number of carbonyl (C=O) groups is 1. The lowest BCUT2D eigenvalue weighted by molar-refractivity contribution is -0.117. The van der Waals surface area contributed by atoms with Gasteiger partial charge in [0.05, 0.1) is 0 Å². The molecule has 1 heterocycles. The van der Waals surface area contributed by atoms with E-state index in [0.29, 0.717) is 11.8 Å². The third-order valence-electron chi connectivity index (χ3n) is 4.06. The molecular formula is C20H21N3O2S. The van der Waals surface area contributed by atoms with Crippen LogP contribution in [0.2, 0.25) is 0 Å². The Balaban J connectivity index is 1.76. The fourth-order valence-corrected chi connectivity index (χ4v) is 2.84. The van der Waals surface area contributed by atoms with E-state index in [2.05, 4.69) is 24.3 Å². The van der Waals surface area contributed by atoms with Crippen LogP contribution in [0.5, 0.6) is 0 Å². The molecular weight excluding hydrogens is 346 g/mol. The molecule has 5 nitrogen and oxygen atoms in total. The number of anilines is 1. The van der Waals surface area contributed by atoms with Gasteiger partial charge in [-0.05, 0) is 48.8 Å². The fourth-order valence-electron chi connectivity index (χ4n) is 2.66. The predicted molar refractivity (Wildman–Crippen MR) is 105 cm³/mol. The number of aromatic nitrogens is 2. The molecule has 2 aromatic carbocycles. The van der Waals surface area contributed by atoms with Crippen molar-refractivity contribution in [3.63, 3.8) is 0 Å². The number of nitrogens with one attached hydrogen (secondary N) is 1. The second-order valence-corrected chi connectivity index (χ2v) is 6.84. The predicted octanol–water partition coefficient (Wildman–Crippen LogP) is 4.94. The maximum atomic E-state index is 12.4. The van der Waals surface area contributed by atoms with Gasteiger partial charge in [-0.1, -0.05) is 49.7 Å². The van der Waals surface area contributed by atoms with Crippen molar-refractivity contribution in [3.05, 3.63) is 64.5 Å². The van der Waals surface area contributed by atoms with Gasteiger partial charge in [-0.3, -0.25) is 4.79 Å². The summed E-state index contributed by atoms with van der Waals surface area (Å²) in [4.78, 5) is 12.6. The monoisotopic (exact) mass is 367 g/mol. The molecule has 0 aliphatic heterocycles. The van der Waals surface area contributed by atoms with Crippen molar-refractivity contribution in [1.29, 1.82) is 0 Å². The third kappa shape index (κ3) is 4.08. The normalized spacial score (nSPS) is 10.9. The van der Waals surface area contributed by atoms with Gasteiger partial charge in [0, 0.05) is 11.3 Å². The van der Waals surface area contributed by atoms with Crippen molar-refractivity contribution in [3.8, 4) is 11.5 Å². The Morgan fingerprint density at radius 3 is 2.58 bits per heavy atom. The minimum atomic E-state index is -0.196. The molecule has 0 spiro atoms. The minimum absolute atomic E-state index is 0.000619. The number of para-hydroxylation sites is 1. The summed E-state index contributed by atoms with van der Waals surface area (Å²) in [5.41, 5.74) is 3.87. The van der Waals surface area contributed by atoms with Crippen molar-refractivity contribution >= 4 is 23.8 Å². The maximum absolute atomic E-state index is 12.4. The largest absolute Gasteiger partial charge is 0.409 e. The smallest absolute Gasteiger partial charge is 0.287 e. The zero-order valence-corrected chi connectivity index (χ0v) is 15.8. The lowest BCUT2D eigenvalue weighted by Gasteiger charge is -2.13. The molecule has 0 fully saturated rings. The first-order valence-electron chi connectivity index (χ1n) is 8.48. The number of hydrogen-bond acceptors (Lipinski definition) is 4. The van der Waals surface area contributed by atoms with Crippen LogP contribution in [-0.2, 0) is 11.3 Å². The molecule has 0 saturated heterocycles. The fraction of sp³-hybridized carbons (Fsp3) is 0.250. The van der Waals surface area contributed by atoms with E-state index in [4.69, 9.17) is 16.6 Å². The number of carbonyl (C=O) groups excluding carboxylic acids is 1. The molecule has 3 aromatic rings. The maximum Gasteiger partial charge on any atom is 0.287 e. The lowest BCUT2D eigenvalue weighted by Crippen LogP contribution is -2.20. The summed E-state index contributed by atoms with van der Waals surface area (Å²) in [6, 6.07) is 15.6. The SMILES string of the molecule is Cc1ccc(-c2nn(CC(=O)Nc3ccccc3C(C)C)c(=S)o2)cc1. The Bertz CT molecular complexity index is 971. The van der Waals surface area contributed by atoms with Gasteiger partial charge in [0.2, 0.25) is 11.8 Å². The van der Waals surface area contributed by atoms with Crippen LogP contribution in [0.3, 0.4) is 0 Å². The number of aryl methyl sites for hydroxylation is 1. The lowest BCUT2D eigenvalue weighted by atomic mass is 10.0. The van der Waals surface area contributed by atoms with Crippen molar-refractivity contribution in [1.82, 2.24) is 9.78 Å². The van der Waals surface area contributed by atoms with Crippen molar-refractivity contribution < 1.29 is 9.21 Å². The molecule has 0 aliphatic rings. The molecule has 1 N–H and O–H groups in total. The minimum Gasteiger partial charge on any atom is -0.409 e. The Morgan fingerprint density at radius 1 is 1.19 bits per heavy atom. The van der Waals surface area contributed by atoms with E-state index < -0.39 is 0 Å².